The van der Waals surface area contributed by atoms with Crippen molar-refractivity contribution in [1.29, 1.82) is 0 Å². The third kappa shape index (κ3) is 4.46. The number of ether oxygens (including phenoxy) is 2. The molecule has 1 heterocycles. The molecular formula is C24H18BrNO3. The van der Waals surface area contributed by atoms with Crippen molar-refractivity contribution in [2.75, 3.05) is 0 Å². The lowest BCUT2D eigenvalue weighted by Gasteiger charge is -2.08. The lowest BCUT2D eigenvalue weighted by Crippen LogP contribution is -2.06. The van der Waals surface area contributed by atoms with E-state index in [0.717, 1.165) is 26.7 Å². The molecule has 4 nitrogen and oxygen atoms in total. The molecule has 0 bridgehead atoms. The van der Waals surface area contributed by atoms with Gasteiger partial charge in [-0.15, -0.1) is 0 Å². The van der Waals surface area contributed by atoms with E-state index in [1.807, 2.05) is 79.7 Å². The molecule has 0 unspecified atom stereocenters. The second kappa shape index (κ2) is 8.45. The fraction of sp³-hybridized carbons (Fsp3) is 0.0833. The first kappa shape index (κ1) is 19.2. The molecule has 0 atom stereocenters. The number of aryl methyl sites for hydroxylation is 1. The van der Waals surface area contributed by atoms with Crippen molar-refractivity contribution in [3.8, 4) is 5.75 Å². The van der Waals surface area contributed by atoms with Gasteiger partial charge < -0.3 is 9.47 Å². The molecule has 1 aliphatic heterocycles. The van der Waals surface area contributed by atoms with Gasteiger partial charge in [0, 0.05) is 15.6 Å². The first-order chi connectivity index (χ1) is 14.1. The monoisotopic (exact) mass is 447 g/mol. The van der Waals surface area contributed by atoms with E-state index in [-0.39, 0.29) is 5.70 Å². The van der Waals surface area contributed by atoms with Gasteiger partial charge in [-0.3, -0.25) is 0 Å². The normalized spacial score (nSPS) is 14.6. The van der Waals surface area contributed by atoms with Crippen LogP contribution in [0.3, 0.4) is 0 Å². The van der Waals surface area contributed by atoms with E-state index in [4.69, 9.17) is 9.47 Å². The summed E-state index contributed by atoms with van der Waals surface area (Å²) in [4.78, 5) is 16.7. The van der Waals surface area contributed by atoms with Gasteiger partial charge in [-0.05, 0) is 48.4 Å². The summed E-state index contributed by atoms with van der Waals surface area (Å²) in [6, 6.07) is 23.1. The molecule has 0 aliphatic carbocycles. The first-order valence-corrected chi connectivity index (χ1v) is 9.94. The van der Waals surface area contributed by atoms with E-state index in [1.165, 1.54) is 0 Å². The van der Waals surface area contributed by atoms with Gasteiger partial charge in [-0.25, -0.2) is 9.79 Å². The highest BCUT2D eigenvalue weighted by Crippen LogP contribution is 2.24. The summed E-state index contributed by atoms with van der Waals surface area (Å²) in [5, 5.41) is 0. The Hall–Kier alpha value is -3.18. The van der Waals surface area contributed by atoms with Crippen molar-refractivity contribution in [2.45, 2.75) is 13.5 Å². The largest absolute Gasteiger partial charge is 0.489 e. The molecule has 144 valence electrons. The Balaban J connectivity index is 1.54. The number of cyclic esters (lactones) is 1. The van der Waals surface area contributed by atoms with E-state index in [2.05, 4.69) is 20.9 Å². The van der Waals surface area contributed by atoms with Crippen LogP contribution in [0.4, 0.5) is 0 Å². The van der Waals surface area contributed by atoms with Crippen LogP contribution in [-0.4, -0.2) is 11.9 Å². The standard InChI is InChI=1S/C24H18BrNO3/c1-16-7-2-4-11-20(16)23-26-22(24(27)29-23)14-17-8-6-10-19(13-17)28-15-18-9-3-5-12-21(18)25/h2-14H,15H2,1H3/b22-14-. The Morgan fingerprint density at radius 2 is 1.83 bits per heavy atom. The maximum Gasteiger partial charge on any atom is 0.363 e. The molecule has 0 saturated heterocycles. The number of carbonyl (C=O) groups excluding carboxylic acids is 1. The molecule has 0 saturated carbocycles. The van der Waals surface area contributed by atoms with Crippen LogP contribution in [-0.2, 0) is 16.1 Å². The SMILES string of the molecule is Cc1ccccc1C1=N/C(=C\c2cccc(OCc3ccccc3Br)c2)C(=O)O1. The molecule has 0 spiro atoms. The van der Waals surface area contributed by atoms with E-state index in [9.17, 15) is 4.79 Å². The molecule has 5 heteroatoms. The third-order valence-corrected chi connectivity index (χ3v) is 5.28. The lowest BCUT2D eigenvalue weighted by atomic mass is 10.1. The van der Waals surface area contributed by atoms with Gasteiger partial charge in [0.15, 0.2) is 5.70 Å². The summed E-state index contributed by atoms with van der Waals surface area (Å²) >= 11 is 3.52. The summed E-state index contributed by atoms with van der Waals surface area (Å²) < 4.78 is 12.3. The van der Waals surface area contributed by atoms with E-state index >= 15 is 0 Å². The smallest absolute Gasteiger partial charge is 0.363 e. The Labute approximate surface area is 177 Å². The first-order valence-electron chi connectivity index (χ1n) is 9.15. The van der Waals surface area contributed by atoms with Crippen molar-refractivity contribution >= 4 is 33.9 Å². The van der Waals surface area contributed by atoms with Crippen molar-refractivity contribution < 1.29 is 14.3 Å². The van der Waals surface area contributed by atoms with E-state index < -0.39 is 5.97 Å². The minimum absolute atomic E-state index is 0.270. The lowest BCUT2D eigenvalue weighted by molar-refractivity contribution is -0.129. The topological polar surface area (TPSA) is 47.9 Å². The molecule has 0 aromatic heterocycles. The molecule has 4 rings (SSSR count). The van der Waals surface area contributed by atoms with Crippen molar-refractivity contribution in [2.24, 2.45) is 4.99 Å². The average molecular weight is 448 g/mol. The molecular weight excluding hydrogens is 430 g/mol. The van der Waals surface area contributed by atoms with Gasteiger partial charge in [-0.2, -0.15) is 0 Å². The number of rotatable bonds is 5. The second-order valence-electron chi connectivity index (χ2n) is 6.60. The summed E-state index contributed by atoms with van der Waals surface area (Å²) in [5.74, 6) is 0.591. The Morgan fingerprint density at radius 1 is 1.03 bits per heavy atom. The molecule has 3 aromatic rings. The van der Waals surface area contributed by atoms with Crippen LogP contribution in [0.25, 0.3) is 6.08 Å². The maximum atomic E-state index is 12.3. The maximum absolute atomic E-state index is 12.3. The molecule has 1 aliphatic rings. The zero-order chi connectivity index (χ0) is 20.2. The van der Waals surface area contributed by atoms with Crippen molar-refractivity contribution in [1.82, 2.24) is 0 Å². The summed E-state index contributed by atoms with van der Waals surface area (Å²) in [6.45, 7) is 2.40. The minimum Gasteiger partial charge on any atom is -0.489 e. The number of benzene rings is 3. The highest BCUT2D eigenvalue weighted by atomic mass is 79.9. The highest BCUT2D eigenvalue weighted by molar-refractivity contribution is 9.10. The van der Waals surface area contributed by atoms with Gasteiger partial charge in [-0.1, -0.05) is 64.5 Å². The molecule has 0 fully saturated rings. The molecule has 3 aromatic carbocycles. The van der Waals surface area contributed by atoms with E-state index in [0.29, 0.717) is 18.3 Å². The summed E-state index contributed by atoms with van der Waals surface area (Å²) in [5.41, 5.74) is 3.96. The molecule has 0 N–H and O–H groups in total. The quantitative estimate of drug-likeness (QED) is 0.373. The van der Waals surface area contributed by atoms with Gasteiger partial charge >= 0.3 is 5.97 Å². The number of hydrogen-bond acceptors (Lipinski definition) is 4. The van der Waals surface area contributed by atoms with Gasteiger partial charge in [0.1, 0.15) is 12.4 Å². The fourth-order valence-corrected chi connectivity index (χ4v) is 3.36. The molecule has 0 radical (unpaired) electrons. The average Bonchev–Trinajstić information content (AvgIpc) is 3.08. The Kier molecular flexibility index (Phi) is 5.58. The number of hydrogen-bond donors (Lipinski definition) is 0. The van der Waals surface area contributed by atoms with Crippen molar-refractivity contribution in [3.63, 3.8) is 0 Å². The summed E-state index contributed by atoms with van der Waals surface area (Å²) in [6.07, 6.45) is 1.71. The van der Waals surface area contributed by atoms with Crippen LogP contribution in [0.1, 0.15) is 22.3 Å². The zero-order valence-electron chi connectivity index (χ0n) is 15.8. The molecule has 29 heavy (non-hydrogen) atoms. The molecule has 0 amide bonds. The highest BCUT2D eigenvalue weighted by Gasteiger charge is 2.24. The minimum atomic E-state index is -0.456. The number of nitrogens with zero attached hydrogens (tertiary/aromatic N) is 1. The van der Waals surface area contributed by atoms with Crippen LogP contribution in [0.15, 0.2) is 88.0 Å². The fourth-order valence-electron chi connectivity index (χ4n) is 2.97. The van der Waals surface area contributed by atoms with Crippen LogP contribution in [0, 0.1) is 6.92 Å². The number of carbonyl (C=O) groups is 1. The third-order valence-electron chi connectivity index (χ3n) is 4.51. The Morgan fingerprint density at radius 3 is 2.66 bits per heavy atom. The zero-order valence-corrected chi connectivity index (χ0v) is 17.3. The number of esters is 1. The van der Waals surface area contributed by atoms with Crippen LogP contribution in [0.2, 0.25) is 0 Å². The van der Waals surface area contributed by atoms with Gasteiger partial charge in [0.05, 0.1) is 0 Å². The number of halogens is 1. The predicted molar refractivity (Wildman–Crippen MR) is 117 cm³/mol. The summed E-state index contributed by atoms with van der Waals surface area (Å²) in [7, 11) is 0. The van der Waals surface area contributed by atoms with Gasteiger partial charge in [0.2, 0.25) is 5.90 Å². The van der Waals surface area contributed by atoms with Crippen molar-refractivity contribution in [3.05, 3.63) is 105 Å². The number of aliphatic imine (C=N–C) groups is 1. The van der Waals surface area contributed by atoms with E-state index in [1.54, 1.807) is 6.08 Å². The van der Waals surface area contributed by atoms with Crippen LogP contribution >= 0.6 is 15.9 Å². The van der Waals surface area contributed by atoms with Crippen LogP contribution < -0.4 is 4.74 Å². The predicted octanol–water partition coefficient (Wildman–Crippen LogP) is 5.68. The van der Waals surface area contributed by atoms with Gasteiger partial charge in [0.25, 0.3) is 0 Å². The second-order valence-corrected chi connectivity index (χ2v) is 7.46. The van der Waals surface area contributed by atoms with Crippen LogP contribution in [0.5, 0.6) is 5.75 Å². The Bertz CT molecular complexity index is 1130.